The van der Waals surface area contributed by atoms with Crippen LogP contribution in [0.4, 0.5) is 5.69 Å². The van der Waals surface area contributed by atoms with Gasteiger partial charge in [0.2, 0.25) is 15.9 Å². The highest BCUT2D eigenvalue weighted by molar-refractivity contribution is 7.89. The first kappa shape index (κ1) is 18.2. The Morgan fingerprint density at radius 3 is 2.29 bits per heavy atom. The molecule has 5 nitrogen and oxygen atoms in total. The van der Waals surface area contributed by atoms with Crippen LogP contribution < -0.4 is 10.0 Å². The van der Waals surface area contributed by atoms with Gasteiger partial charge in [-0.1, -0.05) is 37.3 Å². The van der Waals surface area contributed by atoms with Crippen LogP contribution in [0.3, 0.4) is 0 Å². The zero-order valence-corrected chi connectivity index (χ0v) is 14.5. The zero-order chi connectivity index (χ0) is 17.4. The van der Waals surface area contributed by atoms with Crippen molar-refractivity contribution in [3.05, 3.63) is 60.2 Å². The van der Waals surface area contributed by atoms with Crippen molar-refractivity contribution in [3.63, 3.8) is 0 Å². The molecule has 2 aromatic rings. The van der Waals surface area contributed by atoms with Gasteiger partial charge in [0.15, 0.2) is 0 Å². The first-order valence-corrected chi connectivity index (χ1v) is 9.43. The fourth-order valence-electron chi connectivity index (χ4n) is 2.16. The molecule has 0 aliphatic heterocycles. The second kappa shape index (κ2) is 8.61. The van der Waals surface area contributed by atoms with E-state index in [9.17, 15) is 13.2 Å². The minimum Gasteiger partial charge on any atom is -0.326 e. The second-order valence-electron chi connectivity index (χ2n) is 5.46. The predicted octanol–water partition coefficient (Wildman–Crippen LogP) is 2.95. The summed E-state index contributed by atoms with van der Waals surface area (Å²) in [5, 5.41) is 2.78. The van der Waals surface area contributed by atoms with Crippen molar-refractivity contribution >= 4 is 21.6 Å². The highest BCUT2D eigenvalue weighted by Crippen LogP contribution is 2.14. The molecule has 0 atom stereocenters. The number of anilines is 1. The van der Waals surface area contributed by atoms with Crippen molar-refractivity contribution in [2.75, 3.05) is 11.9 Å². The van der Waals surface area contributed by atoms with E-state index in [4.69, 9.17) is 0 Å². The number of benzene rings is 2. The van der Waals surface area contributed by atoms with Crippen LogP contribution in [0.15, 0.2) is 59.5 Å². The molecule has 2 aromatic carbocycles. The van der Waals surface area contributed by atoms with Crippen molar-refractivity contribution in [1.82, 2.24) is 4.72 Å². The number of hydrogen-bond acceptors (Lipinski definition) is 3. The normalized spacial score (nSPS) is 11.2. The predicted molar refractivity (Wildman–Crippen MR) is 95.3 cm³/mol. The van der Waals surface area contributed by atoms with E-state index in [0.29, 0.717) is 25.1 Å². The Balaban J connectivity index is 1.90. The van der Waals surface area contributed by atoms with E-state index in [2.05, 4.69) is 10.0 Å². The number of rotatable bonds is 8. The molecule has 0 aromatic heterocycles. The molecular weight excluding hydrogens is 324 g/mol. The maximum absolute atomic E-state index is 12.0. The molecule has 2 rings (SSSR count). The lowest BCUT2D eigenvalue weighted by Gasteiger charge is -2.08. The molecule has 0 unspecified atom stereocenters. The molecule has 0 aliphatic carbocycles. The lowest BCUT2D eigenvalue weighted by molar-refractivity contribution is -0.116. The third kappa shape index (κ3) is 5.47. The fourth-order valence-corrected chi connectivity index (χ4v) is 3.30. The number of hydrogen-bond donors (Lipinski definition) is 2. The van der Waals surface area contributed by atoms with Gasteiger partial charge in [-0.05, 0) is 42.7 Å². The molecule has 0 bridgehead atoms. The van der Waals surface area contributed by atoms with Gasteiger partial charge in [-0.15, -0.1) is 0 Å². The summed E-state index contributed by atoms with van der Waals surface area (Å²) in [6, 6.07) is 16.0. The van der Waals surface area contributed by atoms with Gasteiger partial charge >= 0.3 is 0 Å². The maximum Gasteiger partial charge on any atom is 0.240 e. The summed E-state index contributed by atoms with van der Waals surface area (Å²) in [4.78, 5) is 12.2. The van der Waals surface area contributed by atoms with Crippen LogP contribution in [-0.2, 0) is 21.2 Å². The molecule has 128 valence electrons. The summed E-state index contributed by atoms with van der Waals surface area (Å²) in [5.74, 6) is -0.0985. The summed E-state index contributed by atoms with van der Waals surface area (Å²) in [6.45, 7) is 2.30. The van der Waals surface area contributed by atoms with Crippen LogP contribution in [0.25, 0.3) is 0 Å². The standard InChI is InChI=1S/C18H22N2O3S/c1-2-14-19-24(22,23)17-11-9-16(10-12-17)20-18(21)13-8-15-6-4-3-5-7-15/h3-7,9-12,19H,2,8,13-14H2,1H3,(H,20,21). The molecule has 24 heavy (non-hydrogen) atoms. The Morgan fingerprint density at radius 1 is 1.00 bits per heavy atom. The summed E-state index contributed by atoms with van der Waals surface area (Å²) in [7, 11) is -3.48. The van der Waals surface area contributed by atoms with Gasteiger partial charge < -0.3 is 5.32 Å². The molecule has 1 amide bonds. The Kier molecular flexibility index (Phi) is 6.52. The monoisotopic (exact) mass is 346 g/mol. The first-order chi connectivity index (χ1) is 11.5. The van der Waals surface area contributed by atoms with E-state index in [0.717, 1.165) is 12.0 Å². The number of amides is 1. The summed E-state index contributed by atoms with van der Waals surface area (Å²) in [5.41, 5.74) is 1.69. The minimum absolute atomic E-state index is 0.0985. The molecule has 2 N–H and O–H groups in total. The zero-order valence-electron chi connectivity index (χ0n) is 13.7. The van der Waals surface area contributed by atoms with E-state index in [1.807, 2.05) is 37.3 Å². The molecule has 0 saturated carbocycles. The molecule has 0 heterocycles. The van der Waals surface area contributed by atoms with E-state index >= 15 is 0 Å². The highest BCUT2D eigenvalue weighted by atomic mass is 32.2. The van der Waals surface area contributed by atoms with E-state index in [-0.39, 0.29) is 10.8 Å². The largest absolute Gasteiger partial charge is 0.326 e. The van der Waals surface area contributed by atoms with Crippen LogP contribution in [0.2, 0.25) is 0 Å². The summed E-state index contributed by atoms with van der Waals surface area (Å²) < 4.78 is 26.5. The topological polar surface area (TPSA) is 75.3 Å². The highest BCUT2D eigenvalue weighted by Gasteiger charge is 2.12. The quantitative estimate of drug-likeness (QED) is 0.772. The van der Waals surface area contributed by atoms with Gasteiger partial charge in [-0.25, -0.2) is 13.1 Å². The van der Waals surface area contributed by atoms with Gasteiger partial charge in [0.05, 0.1) is 4.90 Å². The third-order valence-corrected chi connectivity index (χ3v) is 4.95. The number of nitrogens with one attached hydrogen (secondary N) is 2. The Labute approximate surface area is 143 Å². The van der Waals surface area contributed by atoms with Crippen LogP contribution in [0, 0.1) is 0 Å². The van der Waals surface area contributed by atoms with Crippen molar-refractivity contribution in [2.45, 2.75) is 31.1 Å². The lowest BCUT2D eigenvalue weighted by Crippen LogP contribution is -2.24. The number of aryl methyl sites for hydroxylation is 1. The summed E-state index contributed by atoms with van der Waals surface area (Å²) in [6.07, 6.45) is 1.77. The van der Waals surface area contributed by atoms with Crippen LogP contribution in [0.5, 0.6) is 0 Å². The third-order valence-electron chi connectivity index (χ3n) is 3.47. The maximum atomic E-state index is 12.0. The van der Waals surface area contributed by atoms with Crippen molar-refractivity contribution in [1.29, 1.82) is 0 Å². The molecule has 0 fully saturated rings. The molecule has 0 saturated heterocycles. The average molecular weight is 346 g/mol. The molecule has 6 heteroatoms. The number of sulfonamides is 1. The SMILES string of the molecule is CCCNS(=O)(=O)c1ccc(NC(=O)CCc2ccccc2)cc1. The molecule has 0 spiro atoms. The van der Waals surface area contributed by atoms with Crippen LogP contribution >= 0.6 is 0 Å². The fraction of sp³-hybridized carbons (Fsp3) is 0.278. The van der Waals surface area contributed by atoms with E-state index < -0.39 is 10.0 Å². The van der Waals surface area contributed by atoms with Gasteiger partial charge in [0.1, 0.15) is 0 Å². The lowest BCUT2D eigenvalue weighted by atomic mass is 10.1. The van der Waals surface area contributed by atoms with Crippen molar-refractivity contribution < 1.29 is 13.2 Å². The number of carbonyl (C=O) groups is 1. The Morgan fingerprint density at radius 2 is 1.67 bits per heavy atom. The number of carbonyl (C=O) groups excluding carboxylic acids is 1. The average Bonchev–Trinajstić information content (AvgIpc) is 2.60. The Bertz CT molecular complexity index is 757. The first-order valence-electron chi connectivity index (χ1n) is 7.95. The van der Waals surface area contributed by atoms with Crippen LogP contribution in [-0.4, -0.2) is 20.9 Å². The molecule has 0 radical (unpaired) electrons. The molecular formula is C18H22N2O3S. The van der Waals surface area contributed by atoms with Gasteiger partial charge in [0.25, 0.3) is 0 Å². The van der Waals surface area contributed by atoms with Crippen molar-refractivity contribution in [2.24, 2.45) is 0 Å². The van der Waals surface area contributed by atoms with Crippen molar-refractivity contribution in [3.8, 4) is 0 Å². The van der Waals surface area contributed by atoms with Gasteiger partial charge in [0, 0.05) is 18.7 Å². The van der Waals surface area contributed by atoms with Gasteiger partial charge in [-0.3, -0.25) is 4.79 Å². The van der Waals surface area contributed by atoms with Crippen LogP contribution in [0.1, 0.15) is 25.3 Å². The van der Waals surface area contributed by atoms with Gasteiger partial charge in [-0.2, -0.15) is 0 Å². The smallest absolute Gasteiger partial charge is 0.240 e. The minimum atomic E-state index is -3.48. The van der Waals surface area contributed by atoms with E-state index in [1.165, 1.54) is 12.1 Å². The second-order valence-corrected chi connectivity index (χ2v) is 7.22. The molecule has 0 aliphatic rings. The summed E-state index contributed by atoms with van der Waals surface area (Å²) >= 11 is 0. The van der Waals surface area contributed by atoms with E-state index in [1.54, 1.807) is 12.1 Å². The Hall–Kier alpha value is -2.18.